The summed E-state index contributed by atoms with van der Waals surface area (Å²) in [4.78, 5) is 27.3. The van der Waals surface area contributed by atoms with Gasteiger partial charge < -0.3 is 5.32 Å². The predicted octanol–water partition coefficient (Wildman–Crippen LogP) is 4.45. The van der Waals surface area contributed by atoms with E-state index in [0.29, 0.717) is 23.9 Å². The SMILES string of the molecule is CC(Cc1ccccn1)NC(=O)c1cnn(-c2ncc3c(n2)-c2ccccc2CCC3)c1C1CC1. The average Bonchev–Trinajstić information content (AvgIpc) is 3.65. The highest BCUT2D eigenvalue weighted by molar-refractivity contribution is 5.95. The number of benzene rings is 1. The summed E-state index contributed by atoms with van der Waals surface area (Å²) >= 11 is 0. The van der Waals surface area contributed by atoms with Crippen molar-refractivity contribution in [1.82, 2.24) is 30.0 Å². The first-order chi connectivity index (χ1) is 17.2. The molecule has 0 radical (unpaired) electrons. The van der Waals surface area contributed by atoms with Crippen LogP contribution in [0.25, 0.3) is 17.2 Å². The van der Waals surface area contributed by atoms with E-state index in [0.717, 1.165) is 49.2 Å². The number of nitrogens with zero attached hydrogens (tertiary/aromatic N) is 5. The van der Waals surface area contributed by atoms with Gasteiger partial charge in [-0.3, -0.25) is 9.78 Å². The minimum Gasteiger partial charge on any atom is -0.349 e. The first-order valence-electron chi connectivity index (χ1n) is 12.4. The van der Waals surface area contributed by atoms with Crippen LogP contribution in [0, 0.1) is 0 Å². The number of hydrogen-bond donors (Lipinski definition) is 1. The van der Waals surface area contributed by atoms with Crippen LogP contribution < -0.4 is 5.32 Å². The summed E-state index contributed by atoms with van der Waals surface area (Å²) in [5.41, 5.74) is 7.12. The van der Waals surface area contributed by atoms with Crippen LogP contribution in [0.4, 0.5) is 0 Å². The van der Waals surface area contributed by atoms with Crippen LogP contribution in [0.3, 0.4) is 0 Å². The maximum Gasteiger partial charge on any atom is 0.255 e. The van der Waals surface area contributed by atoms with Crippen LogP contribution in [-0.2, 0) is 19.3 Å². The lowest BCUT2D eigenvalue weighted by molar-refractivity contribution is 0.0939. The molecule has 1 saturated carbocycles. The van der Waals surface area contributed by atoms with E-state index < -0.39 is 0 Å². The fourth-order valence-corrected chi connectivity index (χ4v) is 4.98. The van der Waals surface area contributed by atoms with Crippen molar-refractivity contribution < 1.29 is 4.79 Å². The molecule has 1 fully saturated rings. The van der Waals surface area contributed by atoms with Gasteiger partial charge in [0, 0.05) is 42.0 Å². The Kier molecular flexibility index (Phi) is 5.60. The van der Waals surface area contributed by atoms with Crippen LogP contribution >= 0.6 is 0 Å². The minimum absolute atomic E-state index is 0.0481. The number of hydrogen-bond acceptors (Lipinski definition) is 5. The largest absolute Gasteiger partial charge is 0.349 e. The molecule has 1 amide bonds. The Morgan fingerprint density at radius 1 is 1.06 bits per heavy atom. The maximum atomic E-state index is 13.3. The molecule has 0 aliphatic heterocycles. The van der Waals surface area contributed by atoms with Crippen LogP contribution in [-0.4, -0.2) is 36.7 Å². The number of fused-ring (bicyclic) bond motifs is 3. The molecule has 7 heteroatoms. The van der Waals surface area contributed by atoms with Crippen molar-refractivity contribution in [3.05, 3.63) is 89.1 Å². The van der Waals surface area contributed by atoms with Gasteiger partial charge in [-0.15, -0.1) is 0 Å². The second-order valence-corrected chi connectivity index (χ2v) is 9.58. The number of carbonyl (C=O) groups is 1. The van der Waals surface area contributed by atoms with Gasteiger partial charge in [0.2, 0.25) is 0 Å². The Morgan fingerprint density at radius 2 is 1.89 bits per heavy atom. The summed E-state index contributed by atoms with van der Waals surface area (Å²) in [7, 11) is 0. The van der Waals surface area contributed by atoms with Gasteiger partial charge in [0.25, 0.3) is 11.9 Å². The van der Waals surface area contributed by atoms with Crippen LogP contribution in [0.1, 0.15) is 65.0 Å². The number of aryl methyl sites for hydroxylation is 2. The van der Waals surface area contributed by atoms with E-state index in [-0.39, 0.29) is 11.9 Å². The minimum atomic E-state index is -0.110. The Bertz CT molecular complexity index is 1380. The summed E-state index contributed by atoms with van der Waals surface area (Å²) in [6, 6.07) is 14.3. The molecule has 0 spiro atoms. The number of rotatable bonds is 6. The van der Waals surface area contributed by atoms with Crippen molar-refractivity contribution in [3.63, 3.8) is 0 Å². The zero-order valence-corrected chi connectivity index (χ0v) is 19.8. The quantitative estimate of drug-likeness (QED) is 0.456. The molecule has 0 saturated heterocycles. The highest BCUT2D eigenvalue weighted by Crippen LogP contribution is 2.42. The number of pyridine rings is 1. The molecule has 1 unspecified atom stereocenters. The molecule has 35 heavy (non-hydrogen) atoms. The lowest BCUT2D eigenvalue weighted by Gasteiger charge is -2.14. The third-order valence-corrected chi connectivity index (χ3v) is 6.84. The molecule has 6 rings (SSSR count). The topological polar surface area (TPSA) is 85.6 Å². The van der Waals surface area contributed by atoms with Gasteiger partial charge in [-0.25, -0.2) is 14.6 Å². The van der Waals surface area contributed by atoms with E-state index in [1.165, 1.54) is 16.7 Å². The van der Waals surface area contributed by atoms with Gasteiger partial charge >= 0.3 is 0 Å². The molecular formula is C28H28N6O. The molecular weight excluding hydrogens is 436 g/mol. The highest BCUT2D eigenvalue weighted by atomic mass is 16.1. The van der Waals surface area contributed by atoms with Crippen LogP contribution in [0.15, 0.2) is 61.1 Å². The number of nitrogens with one attached hydrogen (secondary N) is 1. The van der Waals surface area contributed by atoms with Crippen molar-refractivity contribution in [2.75, 3.05) is 0 Å². The first-order valence-corrected chi connectivity index (χ1v) is 12.4. The number of aromatic nitrogens is 5. The Hall–Kier alpha value is -3.87. The standard InChI is InChI=1S/C28H28N6O/c1-18(15-22-10-4-5-14-29-22)32-27(35)24-17-31-34(26(24)20-12-13-20)28-30-16-21-9-6-8-19-7-2-3-11-23(19)25(21)33-28/h2-5,7,10-11,14,16-18,20H,6,8-9,12-13,15H2,1H3,(H,32,35). The van der Waals surface area contributed by atoms with E-state index in [9.17, 15) is 4.79 Å². The molecule has 7 nitrogen and oxygen atoms in total. The van der Waals surface area contributed by atoms with E-state index in [1.54, 1.807) is 17.1 Å². The summed E-state index contributed by atoms with van der Waals surface area (Å²) in [5, 5.41) is 7.74. The van der Waals surface area contributed by atoms with Gasteiger partial charge in [-0.2, -0.15) is 5.10 Å². The highest BCUT2D eigenvalue weighted by Gasteiger charge is 2.34. The third-order valence-electron chi connectivity index (χ3n) is 6.84. The average molecular weight is 465 g/mol. The maximum absolute atomic E-state index is 13.3. The van der Waals surface area contributed by atoms with E-state index in [2.05, 4.69) is 44.6 Å². The Labute approximate surface area is 204 Å². The molecule has 1 aromatic carbocycles. The van der Waals surface area contributed by atoms with E-state index >= 15 is 0 Å². The first kappa shape index (κ1) is 21.6. The zero-order chi connectivity index (χ0) is 23.8. The monoisotopic (exact) mass is 464 g/mol. The van der Waals surface area contributed by atoms with Crippen molar-refractivity contribution in [2.45, 2.75) is 57.4 Å². The summed E-state index contributed by atoms with van der Waals surface area (Å²) in [6.07, 6.45) is 11.2. The van der Waals surface area contributed by atoms with Gasteiger partial charge in [-0.05, 0) is 62.3 Å². The van der Waals surface area contributed by atoms with Crippen molar-refractivity contribution in [2.24, 2.45) is 0 Å². The molecule has 1 atom stereocenters. The fraction of sp³-hybridized carbons (Fsp3) is 0.321. The summed E-state index contributed by atoms with van der Waals surface area (Å²) < 4.78 is 1.78. The lowest BCUT2D eigenvalue weighted by Crippen LogP contribution is -2.34. The van der Waals surface area contributed by atoms with Crippen molar-refractivity contribution >= 4 is 5.91 Å². The lowest BCUT2D eigenvalue weighted by atomic mass is 10.0. The molecule has 4 aromatic rings. The van der Waals surface area contributed by atoms with E-state index in [1.807, 2.05) is 31.3 Å². The zero-order valence-electron chi connectivity index (χ0n) is 19.8. The summed E-state index contributed by atoms with van der Waals surface area (Å²) in [5.74, 6) is 0.726. The molecule has 1 N–H and O–H groups in total. The van der Waals surface area contributed by atoms with E-state index in [4.69, 9.17) is 4.98 Å². The molecule has 3 heterocycles. The van der Waals surface area contributed by atoms with Gasteiger partial charge in [0.1, 0.15) is 0 Å². The second kappa shape index (κ2) is 9.06. The van der Waals surface area contributed by atoms with Crippen molar-refractivity contribution in [3.8, 4) is 17.2 Å². The van der Waals surface area contributed by atoms with Gasteiger partial charge in [0.15, 0.2) is 0 Å². The molecule has 0 bridgehead atoms. The molecule has 3 aromatic heterocycles. The number of carbonyl (C=O) groups excluding carboxylic acids is 1. The smallest absolute Gasteiger partial charge is 0.255 e. The number of amides is 1. The Morgan fingerprint density at radius 3 is 2.71 bits per heavy atom. The Balaban J connectivity index is 1.31. The normalized spacial score (nSPS) is 15.6. The molecule has 2 aliphatic carbocycles. The van der Waals surface area contributed by atoms with Crippen LogP contribution in [0.2, 0.25) is 0 Å². The second-order valence-electron chi connectivity index (χ2n) is 9.58. The third kappa shape index (κ3) is 4.34. The molecule has 176 valence electrons. The van der Waals surface area contributed by atoms with Gasteiger partial charge in [0.05, 0.1) is 23.1 Å². The molecule has 2 aliphatic rings. The van der Waals surface area contributed by atoms with Crippen molar-refractivity contribution in [1.29, 1.82) is 0 Å². The fourth-order valence-electron chi connectivity index (χ4n) is 4.98. The summed E-state index contributed by atoms with van der Waals surface area (Å²) in [6.45, 7) is 2.00. The van der Waals surface area contributed by atoms with Crippen LogP contribution in [0.5, 0.6) is 0 Å². The van der Waals surface area contributed by atoms with Gasteiger partial charge in [-0.1, -0.05) is 30.3 Å². The predicted molar refractivity (Wildman–Crippen MR) is 133 cm³/mol.